The number of nitrogens with one attached hydrogen (secondary N) is 1. The number of nitrogens with zero attached hydrogens (tertiary/aromatic N) is 1. The Balaban J connectivity index is 2.22. The van der Waals surface area contributed by atoms with Crippen molar-refractivity contribution in [3.8, 4) is 11.8 Å². The van der Waals surface area contributed by atoms with Crippen molar-refractivity contribution in [2.75, 3.05) is 24.4 Å². The summed E-state index contributed by atoms with van der Waals surface area (Å²) in [6.07, 6.45) is 1.81. The first-order chi connectivity index (χ1) is 9.51. The first kappa shape index (κ1) is 14.9. The second-order valence-electron chi connectivity index (χ2n) is 4.76. The van der Waals surface area contributed by atoms with E-state index in [4.69, 9.17) is 5.11 Å². The van der Waals surface area contributed by atoms with E-state index >= 15 is 0 Å². The van der Waals surface area contributed by atoms with Crippen molar-refractivity contribution in [1.82, 2.24) is 4.31 Å². The van der Waals surface area contributed by atoms with E-state index in [0.29, 0.717) is 24.3 Å². The van der Waals surface area contributed by atoms with Crippen LogP contribution in [0.15, 0.2) is 18.2 Å². The van der Waals surface area contributed by atoms with E-state index in [1.165, 1.54) is 4.31 Å². The number of aliphatic hydroxyl groups is 1. The fraction of sp³-hybridized carbons (Fsp3) is 0.429. The van der Waals surface area contributed by atoms with Gasteiger partial charge in [-0.25, -0.2) is 0 Å². The number of hydrogen-bond donors (Lipinski definition) is 2. The van der Waals surface area contributed by atoms with Gasteiger partial charge in [0.1, 0.15) is 6.61 Å². The maximum absolute atomic E-state index is 12.2. The van der Waals surface area contributed by atoms with Crippen molar-refractivity contribution in [3.05, 3.63) is 29.3 Å². The summed E-state index contributed by atoms with van der Waals surface area (Å²) in [5.74, 6) is 5.34. The van der Waals surface area contributed by atoms with Crippen LogP contribution in [-0.4, -0.2) is 37.5 Å². The van der Waals surface area contributed by atoms with E-state index in [1.807, 2.05) is 13.0 Å². The molecule has 6 heteroatoms. The van der Waals surface area contributed by atoms with Gasteiger partial charge in [0.25, 0.3) is 0 Å². The Morgan fingerprint density at radius 1 is 1.30 bits per heavy atom. The maximum Gasteiger partial charge on any atom is 0.301 e. The first-order valence-electron chi connectivity index (χ1n) is 6.50. The number of anilines is 1. The van der Waals surface area contributed by atoms with Gasteiger partial charge in [-0.3, -0.25) is 4.72 Å². The molecule has 0 saturated carbocycles. The molecule has 1 fully saturated rings. The largest absolute Gasteiger partial charge is 0.384 e. The monoisotopic (exact) mass is 294 g/mol. The molecule has 1 saturated heterocycles. The quantitative estimate of drug-likeness (QED) is 0.820. The molecule has 0 unspecified atom stereocenters. The molecule has 0 bridgehead atoms. The second-order valence-corrected chi connectivity index (χ2v) is 6.43. The van der Waals surface area contributed by atoms with Crippen LogP contribution < -0.4 is 4.72 Å². The molecular formula is C14H18N2O3S. The van der Waals surface area contributed by atoms with Crippen LogP contribution in [0.4, 0.5) is 5.69 Å². The smallest absolute Gasteiger partial charge is 0.301 e. The molecule has 0 radical (unpaired) electrons. The number of rotatable bonds is 3. The van der Waals surface area contributed by atoms with Crippen molar-refractivity contribution in [2.24, 2.45) is 0 Å². The fourth-order valence-corrected chi connectivity index (χ4v) is 3.48. The van der Waals surface area contributed by atoms with Crippen LogP contribution in [0.3, 0.4) is 0 Å². The Morgan fingerprint density at radius 2 is 2.00 bits per heavy atom. The first-order valence-corrected chi connectivity index (χ1v) is 7.94. The fourth-order valence-electron chi connectivity index (χ4n) is 2.20. The standard InChI is InChI=1S/C14H18N2O3S/c1-12-9-13(5-4-8-17)11-14(10-12)15-20(18,19)16-6-2-3-7-16/h9-11,15,17H,2-3,6-8H2,1H3. The molecule has 2 N–H and O–H groups in total. The van der Waals surface area contributed by atoms with Crippen LogP contribution in [0.25, 0.3) is 0 Å². The second kappa shape index (κ2) is 6.27. The molecule has 5 nitrogen and oxygen atoms in total. The third-order valence-electron chi connectivity index (χ3n) is 3.04. The van der Waals surface area contributed by atoms with Crippen LogP contribution in [0.1, 0.15) is 24.0 Å². The van der Waals surface area contributed by atoms with E-state index in [9.17, 15) is 8.42 Å². The molecule has 0 aromatic heterocycles. The molecule has 1 aromatic carbocycles. The summed E-state index contributed by atoms with van der Waals surface area (Å²) >= 11 is 0. The average molecular weight is 294 g/mol. The van der Waals surface area contributed by atoms with E-state index in [0.717, 1.165) is 18.4 Å². The van der Waals surface area contributed by atoms with Gasteiger partial charge in [-0.1, -0.05) is 11.8 Å². The van der Waals surface area contributed by atoms with Crippen LogP contribution >= 0.6 is 0 Å². The highest BCUT2D eigenvalue weighted by Crippen LogP contribution is 2.19. The number of aryl methyl sites for hydroxylation is 1. The van der Waals surface area contributed by atoms with Crippen molar-refractivity contribution >= 4 is 15.9 Å². The lowest BCUT2D eigenvalue weighted by molar-refractivity contribution is 0.350. The van der Waals surface area contributed by atoms with Crippen molar-refractivity contribution in [1.29, 1.82) is 0 Å². The van der Waals surface area contributed by atoms with Gasteiger partial charge in [0.15, 0.2) is 0 Å². The highest BCUT2D eigenvalue weighted by Gasteiger charge is 2.25. The van der Waals surface area contributed by atoms with Gasteiger partial charge >= 0.3 is 10.2 Å². The predicted molar refractivity (Wildman–Crippen MR) is 78.5 cm³/mol. The summed E-state index contributed by atoms with van der Waals surface area (Å²) in [7, 11) is -3.48. The normalized spacial score (nSPS) is 15.7. The van der Waals surface area contributed by atoms with Crippen molar-refractivity contribution < 1.29 is 13.5 Å². The van der Waals surface area contributed by atoms with Crippen molar-refractivity contribution in [2.45, 2.75) is 19.8 Å². The van der Waals surface area contributed by atoms with Gasteiger partial charge in [-0.15, -0.1) is 0 Å². The topological polar surface area (TPSA) is 69.6 Å². The Morgan fingerprint density at radius 3 is 2.65 bits per heavy atom. The SMILES string of the molecule is Cc1cc(C#CCO)cc(NS(=O)(=O)N2CCCC2)c1. The molecule has 0 spiro atoms. The number of benzene rings is 1. The molecule has 20 heavy (non-hydrogen) atoms. The zero-order valence-electron chi connectivity index (χ0n) is 11.4. The minimum atomic E-state index is -3.48. The Kier molecular flexibility index (Phi) is 4.65. The third kappa shape index (κ3) is 3.73. The molecular weight excluding hydrogens is 276 g/mol. The molecule has 0 amide bonds. The molecule has 0 aliphatic carbocycles. The van der Waals surface area contributed by atoms with Gasteiger partial charge in [0.05, 0.1) is 5.69 Å². The van der Waals surface area contributed by atoms with Crippen LogP contribution in [0.2, 0.25) is 0 Å². The zero-order valence-corrected chi connectivity index (χ0v) is 12.2. The molecule has 1 aromatic rings. The van der Waals surface area contributed by atoms with Gasteiger partial charge < -0.3 is 5.11 Å². The van der Waals surface area contributed by atoms with E-state index < -0.39 is 10.2 Å². The average Bonchev–Trinajstić information content (AvgIpc) is 2.89. The molecule has 1 heterocycles. The van der Waals surface area contributed by atoms with Crippen LogP contribution in [0, 0.1) is 18.8 Å². The summed E-state index contributed by atoms with van der Waals surface area (Å²) < 4.78 is 28.4. The van der Waals surface area contributed by atoms with Crippen LogP contribution in [-0.2, 0) is 10.2 Å². The maximum atomic E-state index is 12.2. The van der Waals surface area contributed by atoms with E-state index in [1.54, 1.807) is 12.1 Å². The lowest BCUT2D eigenvalue weighted by atomic mass is 10.1. The highest BCUT2D eigenvalue weighted by molar-refractivity contribution is 7.90. The Bertz CT molecular complexity index is 638. The number of aliphatic hydroxyl groups excluding tert-OH is 1. The van der Waals surface area contributed by atoms with Gasteiger partial charge in [-0.05, 0) is 43.5 Å². The van der Waals surface area contributed by atoms with Crippen molar-refractivity contribution in [3.63, 3.8) is 0 Å². The molecule has 2 rings (SSSR count). The van der Waals surface area contributed by atoms with Gasteiger partial charge in [-0.2, -0.15) is 12.7 Å². The Labute approximate surface area is 119 Å². The summed E-state index contributed by atoms with van der Waals surface area (Å²) in [6.45, 7) is 2.79. The van der Waals surface area contributed by atoms with Gasteiger partial charge in [0, 0.05) is 18.7 Å². The number of hydrogen-bond acceptors (Lipinski definition) is 3. The highest BCUT2D eigenvalue weighted by atomic mass is 32.2. The Hall–Kier alpha value is -1.55. The van der Waals surface area contributed by atoms with E-state index in [2.05, 4.69) is 16.6 Å². The van der Waals surface area contributed by atoms with Crippen LogP contribution in [0.5, 0.6) is 0 Å². The lowest BCUT2D eigenvalue weighted by Crippen LogP contribution is -2.33. The summed E-state index contributed by atoms with van der Waals surface area (Å²) in [6, 6.07) is 5.28. The third-order valence-corrected chi connectivity index (χ3v) is 4.58. The molecule has 1 aliphatic heterocycles. The lowest BCUT2D eigenvalue weighted by Gasteiger charge is -2.17. The zero-order chi connectivity index (χ0) is 14.6. The molecule has 1 aliphatic rings. The summed E-state index contributed by atoms with van der Waals surface area (Å²) in [5, 5.41) is 8.70. The van der Waals surface area contributed by atoms with Gasteiger partial charge in [0.2, 0.25) is 0 Å². The molecule has 0 atom stereocenters. The minimum Gasteiger partial charge on any atom is -0.384 e. The summed E-state index contributed by atoms with van der Waals surface area (Å²) in [4.78, 5) is 0. The predicted octanol–water partition coefficient (Wildman–Crippen LogP) is 1.09. The summed E-state index contributed by atoms with van der Waals surface area (Å²) in [5.41, 5.74) is 2.09. The minimum absolute atomic E-state index is 0.219. The van der Waals surface area contributed by atoms with E-state index in [-0.39, 0.29) is 6.61 Å². The molecule has 108 valence electrons.